The number of aromatic nitrogens is 1. The monoisotopic (exact) mass is 226 g/mol. The van der Waals surface area contributed by atoms with Gasteiger partial charge in [0.25, 0.3) is 0 Å². The first-order valence-corrected chi connectivity index (χ1v) is 5.31. The Morgan fingerprint density at radius 2 is 2.27 bits per heavy atom. The molecule has 0 N–H and O–H groups in total. The van der Waals surface area contributed by atoms with Crippen LogP contribution < -0.4 is 0 Å². The topological polar surface area (TPSA) is 33.2 Å². The van der Waals surface area contributed by atoms with Crippen LogP contribution in [0.15, 0.2) is 24.4 Å². The molecular weight excluding hydrogens is 212 g/mol. The highest BCUT2D eigenvalue weighted by atomic mass is 35.5. The summed E-state index contributed by atoms with van der Waals surface area (Å²) in [5.41, 5.74) is 0.854. The molecule has 1 rings (SSSR count). The number of carbonyl (C=O) groups is 1. The second-order valence-electron chi connectivity index (χ2n) is 3.85. The van der Waals surface area contributed by atoms with Gasteiger partial charge in [0.05, 0.1) is 12.2 Å². The normalized spacial score (nSPS) is 10.4. The maximum atomic E-state index is 11.1. The van der Waals surface area contributed by atoms with Gasteiger partial charge in [-0.05, 0) is 29.7 Å². The highest BCUT2D eigenvalue weighted by Gasteiger charge is 2.13. The maximum Gasteiger partial charge on any atom is 0.316 e. The van der Waals surface area contributed by atoms with Gasteiger partial charge in [-0.15, -0.1) is 0 Å². The SMILES string of the molecule is CC(C)CN(Cc1ccccn1)C(=O)Cl. The summed E-state index contributed by atoms with van der Waals surface area (Å²) in [7, 11) is 0. The van der Waals surface area contributed by atoms with Crippen LogP contribution in [0.2, 0.25) is 0 Å². The summed E-state index contributed by atoms with van der Waals surface area (Å²) in [6.07, 6.45) is 1.71. The van der Waals surface area contributed by atoms with Crippen LogP contribution in [0, 0.1) is 5.92 Å². The molecule has 0 bridgehead atoms. The Morgan fingerprint density at radius 3 is 2.73 bits per heavy atom. The van der Waals surface area contributed by atoms with Crippen LogP contribution in [-0.2, 0) is 6.54 Å². The maximum absolute atomic E-state index is 11.1. The van der Waals surface area contributed by atoms with E-state index >= 15 is 0 Å². The molecule has 1 amide bonds. The number of pyridine rings is 1. The predicted molar refractivity (Wildman–Crippen MR) is 60.7 cm³/mol. The molecule has 1 aromatic rings. The zero-order valence-electron chi connectivity index (χ0n) is 8.98. The third kappa shape index (κ3) is 4.30. The first-order chi connectivity index (χ1) is 7.09. The average Bonchev–Trinajstić information content (AvgIpc) is 2.17. The minimum atomic E-state index is -0.422. The van der Waals surface area contributed by atoms with E-state index in [0.29, 0.717) is 19.0 Å². The molecule has 0 saturated heterocycles. The van der Waals surface area contributed by atoms with Crippen LogP contribution in [0.1, 0.15) is 19.5 Å². The third-order valence-electron chi connectivity index (χ3n) is 1.91. The molecule has 0 aliphatic carbocycles. The molecule has 0 radical (unpaired) electrons. The summed E-state index contributed by atoms with van der Waals surface area (Å²) in [6.45, 7) is 5.22. The van der Waals surface area contributed by atoms with Crippen LogP contribution >= 0.6 is 11.6 Å². The van der Waals surface area contributed by atoms with Gasteiger partial charge in [0.15, 0.2) is 0 Å². The zero-order valence-corrected chi connectivity index (χ0v) is 9.74. The van der Waals surface area contributed by atoms with Crippen molar-refractivity contribution in [2.75, 3.05) is 6.54 Å². The summed E-state index contributed by atoms with van der Waals surface area (Å²) in [5, 5.41) is -0.422. The van der Waals surface area contributed by atoms with Gasteiger partial charge < -0.3 is 4.90 Å². The number of hydrogen-bond donors (Lipinski definition) is 0. The lowest BCUT2D eigenvalue weighted by molar-refractivity contribution is 0.211. The molecule has 0 atom stereocenters. The van der Waals surface area contributed by atoms with Gasteiger partial charge >= 0.3 is 5.37 Å². The van der Waals surface area contributed by atoms with E-state index in [9.17, 15) is 4.79 Å². The largest absolute Gasteiger partial charge is 0.323 e. The average molecular weight is 227 g/mol. The molecule has 0 aliphatic heterocycles. The minimum absolute atomic E-state index is 0.399. The Labute approximate surface area is 95.1 Å². The first-order valence-electron chi connectivity index (χ1n) is 4.94. The lowest BCUT2D eigenvalue weighted by Crippen LogP contribution is -2.29. The van der Waals surface area contributed by atoms with Gasteiger partial charge in [-0.2, -0.15) is 0 Å². The number of amides is 1. The standard InChI is InChI=1S/C11H15ClN2O/c1-9(2)7-14(11(12)15)8-10-5-3-4-6-13-10/h3-6,9H,7-8H2,1-2H3. The van der Waals surface area contributed by atoms with Crippen molar-refractivity contribution in [1.82, 2.24) is 9.88 Å². The molecule has 82 valence electrons. The fourth-order valence-electron chi connectivity index (χ4n) is 1.33. The Hall–Kier alpha value is -1.09. The van der Waals surface area contributed by atoms with Crippen LogP contribution in [0.25, 0.3) is 0 Å². The van der Waals surface area contributed by atoms with Crippen molar-refractivity contribution in [2.45, 2.75) is 20.4 Å². The van der Waals surface area contributed by atoms with E-state index in [4.69, 9.17) is 11.6 Å². The summed E-state index contributed by atoms with van der Waals surface area (Å²) in [6, 6.07) is 5.63. The van der Waals surface area contributed by atoms with Gasteiger partial charge in [-0.25, -0.2) is 0 Å². The summed E-state index contributed by atoms with van der Waals surface area (Å²) < 4.78 is 0. The molecule has 0 fully saturated rings. The van der Waals surface area contributed by atoms with Crippen LogP contribution in [0.5, 0.6) is 0 Å². The van der Waals surface area contributed by atoms with E-state index in [0.717, 1.165) is 5.69 Å². The predicted octanol–water partition coefficient (Wildman–Crippen LogP) is 2.90. The number of halogens is 1. The van der Waals surface area contributed by atoms with Crippen molar-refractivity contribution >= 4 is 17.0 Å². The van der Waals surface area contributed by atoms with E-state index in [-0.39, 0.29) is 0 Å². The molecule has 3 nitrogen and oxygen atoms in total. The number of rotatable bonds is 4. The summed E-state index contributed by atoms with van der Waals surface area (Å²) in [5.74, 6) is 0.399. The van der Waals surface area contributed by atoms with E-state index in [1.165, 1.54) is 0 Å². The van der Waals surface area contributed by atoms with Gasteiger partial charge in [0.2, 0.25) is 0 Å². The Bertz CT molecular complexity index is 314. The highest BCUT2D eigenvalue weighted by molar-refractivity contribution is 6.62. The molecule has 4 heteroatoms. The molecule has 15 heavy (non-hydrogen) atoms. The second-order valence-corrected chi connectivity index (χ2v) is 4.17. The van der Waals surface area contributed by atoms with Gasteiger partial charge in [0, 0.05) is 12.7 Å². The molecule has 0 saturated carbocycles. The lowest BCUT2D eigenvalue weighted by Gasteiger charge is -2.21. The number of carbonyl (C=O) groups excluding carboxylic acids is 1. The van der Waals surface area contributed by atoms with Crippen LogP contribution in [0.3, 0.4) is 0 Å². The third-order valence-corrected chi connectivity index (χ3v) is 2.15. The summed E-state index contributed by atoms with van der Waals surface area (Å²) >= 11 is 5.50. The molecule has 1 heterocycles. The van der Waals surface area contributed by atoms with Gasteiger partial charge in [-0.3, -0.25) is 9.78 Å². The second kappa shape index (κ2) is 5.71. The smallest absolute Gasteiger partial charge is 0.316 e. The van der Waals surface area contributed by atoms with Crippen molar-refractivity contribution < 1.29 is 4.79 Å². The minimum Gasteiger partial charge on any atom is -0.323 e. The van der Waals surface area contributed by atoms with Crippen LogP contribution in [0.4, 0.5) is 4.79 Å². The lowest BCUT2D eigenvalue weighted by atomic mass is 10.2. The molecule has 0 aliphatic rings. The highest BCUT2D eigenvalue weighted by Crippen LogP contribution is 2.07. The van der Waals surface area contributed by atoms with Gasteiger partial charge in [0.1, 0.15) is 0 Å². The molecule has 0 spiro atoms. The van der Waals surface area contributed by atoms with Crippen LogP contribution in [-0.4, -0.2) is 21.8 Å². The van der Waals surface area contributed by atoms with Crippen molar-refractivity contribution in [3.05, 3.63) is 30.1 Å². The Kier molecular flexibility index (Phi) is 4.56. The fourth-order valence-corrected chi connectivity index (χ4v) is 1.46. The van der Waals surface area contributed by atoms with Crippen molar-refractivity contribution in [1.29, 1.82) is 0 Å². The number of nitrogens with zero attached hydrogens (tertiary/aromatic N) is 2. The van der Waals surface area contributed by atoms with Gasteiger partial charge in [-0.1, -0.05) is 19.9 Å². The van der Waals surface area contributed by atoms with E-state index in [2.05, 4.69) is 4.98 Å². The quantitative estimate of drug-likeness (QED) is 0.584. The molecular formula is C11H15ClN2O. The van der Waals surface area contributed by atoms with Crippen molar-refractivity contribution in [2.24, 2.45) is 5.92 Å². The Morgan fingerprint density at radius 1 is 1.53 bits per heavy atom. The molecule has 0 unspecified atom stereocenters. The van der Waals surface area contributed by atoms with E-state index < -0.39 is 5.37 Å². The number of hydrogen-bond acceptors (Lipinski definition) is 2. The molecule has 0 aromatic carbocycles. The molecule has 1 aromatic heterocycles. The fraction of sp³-hybridized carbons (Fsp3) is 0.455. The zero-order chi connectivity index (χ0) is 11.3. The van der Waals surface area contributed by atoms with Crippen molar-refractivity contribution in [3.8, 4) is 0 Å². The van der Waals surface area contributed by atoms with E-state index in [1.54, 1.807) is 11.1 Å². The Balaban J connectivity index is 2.63. The van der Waals surface area contributed by atoms with E-state index in [1.807, 2.05) is 32.0 Å². The van der Waals surface area contributed by atoms with Crippen molar-refractivity contribution in [3.63, 3.8) is 0 Å². The summed E-state index contributed by atoms with van der Waals surface area (Å²) in [4.78, 5) is 16.9. The first kappa shape index (κ1) is 12.0.